The number of pyridine rings is 1. The van der Waals surface area contributed by atoms with E-state index in [1.807, 2.05) is 6.07 Å². The first-order valence-electron chi connectivity index (χ1n) is 5.54. The van der Waals surface area contributed by atoms with Crippen LogP contribution < -0.4 is 4.74 Å². The number of hydrogen-bond donors (Lipinski definition) is 0. The first-order chi connectivity index (χ1) is 8.72. The van der Waals surface area contributed by atoms with Gasteiger partial charge in [0.25, 0.3) is 0 Å². The molecule has 0 amide bonds. The lowest BCUT2D eigenvalue weighted by atomic mass is 10.1. The van der Waals surface area contributed by atoms with E-state index in [4.69, 9.17) is 21.1 Å². The fourth-order valence-electron chi connectivity index (χ4n) is 1.61. The van der Waals surface area contributed by atoms with Crippen molar-refractivity contribution in [1.82, 2.24) is 4.98 Å². The number of carbonyl (C=O) groups excluding carboxylic acids is 1. The lowest BCUT2D eigenvalue weighted by molar-refractivity contribution is -0.145. The van der Waals surface area contributed by atoms with Crippen LogP contribution in [-0.4, -0.2) is 24.2 Å². The number of ether oxygens (including phenoxy) is 2. The van der Waals surface area contributed by atoms with E-state index in [0.717, 1.165) is 10.8 Å². The fraction of sp³-hybridized carbons (Fsp3) is 0.231. The minimum atomic E-state index is -0.394. The van der Waals surface area contributed by atoms with Gasteiger partial charge in [0.2, 0.25) is 0 Å². The Bertz CT molecular complexity index is 571. The molecule has 0 fully saturated rings. The van der Waals surface area contributed by atoms with Gasteiger partial charge in [-0.1, -0.05) is 23.7 Å². The van der Waals surface area contributed by atoms with Gasteiger partial charge >= 0.3 is 5.97 Å². The predicted molar refractivity (Wildman–Crippen MR) is 68.9 cm³/mol. The average Bonchev–Trinajstić information content (AvgIpc) is 2.37. The molecule has 1 aromatic heterocycles. The zero-order valence-corrected chi connectivity index (χ0v) is 10.6. The highest BCUT2D eigenvalue weighted by atomic mass is 35.5. The summed E-state index contributed by atoms with van der Waals surface area (Å²) in [5, 5.41) is 2.02. The fourth-order valence-corrected chi connectivity index (χ4v) is 1.83. The summed E-state index contributed by atoms with van der Waals surface area (Å²) in [4.78, 5) is 15.2. The summed E-state index contributed by atoms with van der Waals surface area (Å²) in [6, 6.07) is 7.22. The number of aromatic nitrogens is 1. The summed E-state index contributed by atoms with van der Waals surface area (Å²) in [6.45, 7) is 1.97. The van der Waals surface area contributed by atoms with E-state index in [2.05, 4.69) is 4.98 Å². The monoisotopic (exact) mass is 265 g/mol. The molecule has 94 valence electrons. The number of nitrogens with zero attached hydrogens (tertiary/aromatic N) is 1. The summed E-state index contributed by atoms with van der Waals surface area (Å²) in [5.41, 5.74) is 0. The second-order valence-corrected chi connectivity index (χ2v) is 3.90. The van der Waals surface area contributed by atoms with Crippen LogP contribution in [0.4, 0.5) is 0 Å². The van der Waals surface area contributed by atoms with E-state index in [1.54, 1.807) is 31.3 Å². The van der Waals surface area contributed by atoms with E-state index >= 15 is 0 Å². The van der Waals surface area contributed by atoms with E-state index in [1.165, 1.54) is 0 Å². The zero-order valence-electron chi connectivity index (χ0n) is 9.85. The van der Waals surface area contributed by atoms with Gasteiger partial charge < -0.3 is 9.47 Å². The molecule has 1 heterocycles. The molecular weight excluding hydrogens is 254 g/mol. The molecule has 0 aliphatic carbocycles. The molecule has 18 heavy (non-hydrogen) atoms. The number of benzene rings is 1. The van der Waals surface area contributed by atoms with Crippen molar-refractivity contribution in [2.45, 2.75) is 6.92 Å². The minimum Gasteiger partial charge on any atom is -0.481 e. The molecule has 0 radical (unpaired) electrons. The summed E-state index contributed by atoms with van der Waals surface area (Å²) in [6.07, 6.45) is 1.60. The molecule has 2 rings (SSSR count). The maximum Gasteiger partial charge on any atom is 0.344 e. The van der Waals surface area contributed by atoms with Crippen LogP contribution in [-0.2, 0) is 9.53 Å². The smallest absolute Gasteiger partial charge is 0.344 e. The van der Waals surface area contributed by atoms with Crippen LogP contribution >= 0.6 is 11.6 Å². The Morgan fingerprint density at radius 2 is 2.17 bits per heavy atom. The van der Waals surface area contributed by atoms with E-state index in [0.29, 0.717) is 17.5 Å². The van der Waals surface area contributed by atoms with Crippen molar-refractivity contribution in [2.24, 2.45) is 0 Å². The van der Waals surface area contributed by atoms with Gasteiger partial charge in [-0.05, 0) is 19.1 Å². The molecule has 1 aromatic carbocycles. The number of rotatable bonds is 4. The van der Waals surface area contributed by atoms with Crippen LogP contribution in [0.25, 0.3) is 10.8 Å². The molecule has 0 saturated heterocycles. The Hall–Kier alpha value is -1.81. The van der Waals surface area contributed by atoms with Crippen molar-refractivity contribution < 1.29 is 14.3 Å². The quantitative estimate of drug-likeness (QED) is 0.630. The first kappa shape index (κ1) is 12.6. The molecule has 4 nitrogen and oxygen atoms in total. The van der Waals surface area contributed by atoms with Crippen LogP contribution in [0.5, 0.6) is 5.75 Å². The van der Waals surface area contributed by atoms with Gasteiger partial charge in [-0.3, -0.25) is 0 Å². The molecule has 0 aliphatic heterocycles. The third kappa shape index (κ3) is 2.71. The Kier molecular flexibility index (Phi) is 3.99. The third-order valence-corrected chi connectivity index (χ3v) is 2.67. The number of halogens is 1. The molecule has 0 bridgehead atoms. The van der Waals surface area contributed by atoms with Crippen LogP contribution in [0.2, 0.25) is 5.15 Å². The lowest BCUT2D eigenvalue weighted by Crippen LogP contribution is -2.14. The van der Waals surface area contributed by atoms with Gasteiger partial charge in [0.1, 0.15) is 10.9 Å². The molecule has 0 spiro atoms. The highest BCUT2D eigenvalue weighted by molar-refractivity contribution is 6.34. The Labute approximate surface area is 109 Å². The van der Waals surface area contributed by atoms with Crippen molar-refractivity contribution in [3.63, 3.8) is 0 Å². The lowest BCUT2D eigenvalue weighted by Gasteiger charge is -2.09. The van der Waals surface area contributed by atoms with Crippen molar-refractivity contribution >= 4 is 28.3 Å². The maximum atomic E-state index is 11.2. The van der Waals surface area contributed by atoms with Crippen molar-refractivity contribution in [2.75, 3.05) is 13.2 Å². The normalized spacial score (nSPS) is 10.3. The van der Waals surface area contributed by atoms with E-state index < -0.39 is 5.97 Å². The number of fused-ring (bicyclic) bond motifs is 1. The second kappa shape index (κ2) is 5.69. The van der Waals surface area contributed by atoms with E-state index in [-0.39, 0.29) is 6.61 Å². The number of carbonyl (C=O) groups is 1. The molecule has 0 aliphatic rings. The summed E-state index contributed by atoms with van der Waals surface area (Å²) in [5.74, 6) is 0.194. The SMILES string of the molecule is CCOC(=O)COc1cccc2c(Cl)nccc12. The predicted octanol–water partition coefficient (Wildman–Crippen LogP) is 2.83. The van der Waals surface area contributed by atoms with Crippen LogP contribution in [0.15, 0.2) is 30.5 Å². The Morgan fingerprint density at radius 1 is 1.33 bits per heavy atom. The molecule has 2 aromatic rings. The van der Waals surface area contributed by atoms with Gasteiger partial charge in [0, 0.05) is 17.0 Å². The maximum absolute atomic E-state index is 11.2. The Morgan fingerprint density at radius 3 is 2.94 bits per heavy atom. The number of hydrogen-bond acceptors (Lipinski definition) is 4. The van der Waals surface area contributed by atoms with Gasteiger partial charge in [0.15, 0.2) is 6.61 Å². The van der Waals surface area contributed by atoms with Crippen LogP contribution in [0, 0.1) is 0 Å². The topological polar surface area (TPSA) is 48.4 Å². The van der Waals surface area contributed by atoms with E-state index in [9.17, 15) is 4.79 Å². The second-order valence-electron chi connectivity index (χ2n) is 3.55. The first-order valence-corrected chi connectivity index (χ1v) is 5.92. The summed E-state index contributed by atoms with van der Waals surface area (Å²) < 4.78 is 10.2. The van der Waals surface area contributed by atoms with Gasteiger partial charge in [-0.15, -0.1) is 0 Å². The van der Waals surface area contributed by atoms with Gasteiger partial charge in [-0.2, -0.15) is 0 Å². The standard InChI is InChI=1S/C13H12ClNO3/c1-2-17-12(16)8-18-11-5-3-4-10-9(11)6-7-15-13(10)14/h3-7H,2,8H2,1H3. The third-order valence-electron chi connectivity index (χ3n) is 2.37. The summed E-state index contributed by atoms with van der Waals surface area (Å²) in [7, 11) is 0. The largest absolute Gasteiger partial charge is 0.481 e. The zero-order chi connectivity index (χ0) is 13.0. The number of esters is 1. The van der Waals surface area contributed by atoms with Crippen LogP contribution in [0.1, 0.15) is 6.92 Å². The molecule has 0 atom stereocenters. The summed E-state index contributed by atoms with van der Waals surface area (Å²) >= 11 is 5.98. The highest BCUT2D eigenvalue weighted by Gasteiger charge is 2.08. The van der Waals surface area contributed by atoms with Crippen molar-refractivity contribution in [3.8, 4) is 5.75 Å². The highest BCUT2D eigenvalue weighted by Crippen LogP contribution is 2.28. The minimum absolute atomic E-state index is 0.118. The average molecular weight is 266 g/mol. The molecular formula is C13H12ClNO3. The Balaban J connectivity index is 2.23. The molecule has 5 heteroatoms. The van der Waals surface area contributed by atoms with Gasteiger partial charge in [0.05, 0.1) is 6.61 Å². The van der Waals surface area contributed by atoms with Crippen molar-refractivity contribution in [1.29, 1.82) is 0 Å². The molecule has 0 unspecified atom stereocenters. The molecule has 0 N–H and O–H groups in total. The van der Waals surface area contributed by atoms with Gasteiger partial charge in [-0.25, -0.2) is 9.78 Å². The molecule has 0 saturated carbocycles. The van der Waals surface area contributed by atoms with Crippen molar-refractivity contribution in [3.05, 3.63) is 35.6 Å². The van der Waals surface area contributed by atoms with Crippen LogP contribution in [0.3, 0.4) is 0 Å².